The highest BCUT2D eigenvalue weighted by Gasteiger charge is 2.08. The minimum atomic E-state index is -4.15. The minimum Gasteiger partial charge on any atom is -0.421 e. The van der Waals surface area contributed by atoms with E-state index >= 15 is 0 Å². The summed E-state index contributed by atoms with van der Waals surface area (Å²) in [5.74, 6) is 0.510. The fourth-order valence-corrected chi connectivity index (χ4v) is 2.29. The van der Waals surface area contributed by atoms with Crippen LogP contribution in [0.25, 0.3) is 0 Å². The summed E-state index contributed by atoms with van der Waals surface area (Å²) in [5, 5.41) is 0. The third-order valence-electron chi connectivity index (χ3n) is 2.10. The molecular weight excluding hydrogens is 272 g/mol. The van der Waals surface area contributed by atoms with E-state index in [0.717, 1.165) is 4.90 Å². The molecule has 2 aromatic carbocycles. The molecule has 0 aliphatic heterocycles. The van der Waals surface area contributed by atoms with Crippen LogP contribution in [-0.4, -0.2) is 13.0 Å². The van der Waals surface area contributed by atoms with Gasteiger partial charge in [-0.25, -0.2) is 0 Å². The van der Waals surface area contributed by atoms with Crippen molar-refractivity contribution in [1.82, 2.24) is 0 Å². The van der Waals surface area contributed by atoms with E-state index in [-0.39, 0.29) is 4.90 Å². The Balaban J connectivity index is 2.03. The lowest BCUT2D eigenvalue weighted by molar-refractivity contribution is 0.483. The molecular formula is C12H10O4S2. The molecule has 0 atom stereocenters. The molecule has 0 spiro atoms. The molecule has 0 saturated carbocycles. The predicted molar refractivity (Wildman–Crippen MR) is 69.2 cm³/mol. The summed E-state index contributed by atoms with van der Waals surface area (Å²) in [6, 6.07) is 15.0. The quantitative estimate of drug-likeness (QED) is 0.690. The predicted octanol–water partition coefficient (Wildman–Crippen LogP) is 3.02. The highest BCUT2D eigenvalue weighted by Crippen LogP contribution is 2.24. The van der Waals surface area contributed by atoms with Gasteiger partial charge in [-0.2, -0.15) is 8.42 Å². The van der Waals surface area contributed by atoms with Crippen molar-refractivity contribution in [2.45, 2.75) is 9.79 Å². The van der Waals surface area contributed by atoms with Crippen molar-refractivity contribution in [1.29, 1.82) is 0 Å². The first-order chi connectivity index (χ1) is 8.55. The van der Waals surface area contributed by atoms with Crippen molar-refractivity contribution in [2.24, 2.45) is 0 Å². The molecule has 0 fully saturated rings. The highest BCUT2D eigenvalue weighted by molar-refractivity contribution is 7.95. The molecule has 0 amide bonds. The van der Waals surface area contributed by atoms with Gasteiger partial charge in [-0.15, -0.1) is 0 Å². The summed E-state index contributed by atoms with van der Waals surface area (Å²) in [6.45, 7) is 0. The lowest BCUT2D eigenvalue weighted by Gasteiger charge is -2.04. The van der Waals surface area contributed by atoms with E-state index in [1.807, 2.05) is 30.3 Å². The molecule has 0 saturated heterocycles. The van der Waals surface area contributed by atoms with Crippen LogP contribution in [0.2, 0.25) is 0 Å². The van der Waals surface area contributed by atoms with Crippen LogP contribution >= 0.6 is 12.0 Å². The van der Waals surface area contributed by atoms with Gasteiger partial charge >= 0.3 is 0 Å². The van der Waals surface area contributed by atoms with Crippen LogP contribution in [0.4, 0.5) is 0 Å². The average Bonchev–Trinajstić information content (AvgIpc) is 2.37. The normalized spacial score (nSPS) is 11.2. The molecule has 0 heterocycles. The molecule has 1 N–H and O–H groups in total. The number of hydrogen-bond acceptors (Lipinski definition) is 4. The van der Waals surface area contributed by atoms with Gasteiger partial charge < -0.3 is 4.18 Å². The van der Waals surface area contributed by atoms with Crippen LogP contribution in [0, 0.1) is 0 Å². The van der Waals surface area contributed by atoms with Crippen LogP contribution in [-0.2, 0) is 10.1 Å². The van der Waals surface area contributed by atoms with Crippen molar-refractivity contribution in [3.63, 3.8) is 0 Å². The third kappa shape index (κ3) is 3.49. The first-order valence-electron chi connectivity index (χ1n) is 5.03. The van der Waals surface area contributed by atoms with Gasteiger partial charge in [-0.1, -0.05) is 18.2 Å². The maximum absolute atomic E-state index is 10.8. The molecule has 2 rings (SSSR count). The Morgan fingerprint density at radius 1 is 0.944 bits per heavy atom. The summed E-state index contributed by atoms with van der Waals surface area (Å²) in [4.78, 5) is 0.788. The molecule has 0 aliphatic carbocycles. The Morgan fingerprint density at radius 3 is 2.11 bits per heavy atom. The summed E-state index contributed by atoms with van der Waals surface area (Å²) < 4.78 is 35.9. The lowest BCUT2D eigenvalue weighted by atomic mass is 10.3. The standard InChI is InChI=1S/C12H10O4S2/c13-18(14,15)12-8-6-10(7-9-12)16-17-11-4-2-1-3-5-11/h1-9H,(H,13,14,15). The number of hydrogen-bond donors (Lipinski definition) is 1. The van der Waals surface area contributed by atoms with Crippen molar-refractivity contribution in [3.05, 3.63) is 54.6 Å². The van der Waals surface area contributed by atoms with Gasteiger partial charge in [0.05, 0.1) is 16.9 Å². The first-order valence-corrected chi connectivity index (χ1v) is 7.21. The number of benzene rings is 2. The molecule has 4 nitrogen and oxygen atoms in total. The Labute approximate surface area is 110 Å². The zero-order valence-corrected chi connectivity index (χ0v) is 10.8. The van der Waals surface area contributed by atoms with Gasteiger partial charge in [0.2, 0.25) is 0 Å². The SMILES string of the molecule is O=S(=O)(O)c1ccc(OSc2ccccc2)cc1. The van der Waals surface area contributed by atoms with Gasteiger partial charge in [0.15, 0.2) is 0 Å². The second kappa shape index (κ2) is 5.43. The molecule has 94 valence electrons. The monoisotopic (exact) mass is 282 g/mol. The topological polar surface area (TPSA) is 63.6 Å². The van der Waals surface area contributed by atoms with Crippen molar-refractivity contribution in [2.75, 3.05) is 0 Å². The fourth-order valence-electron chi connectivity index (χ4n) is 1.24. The van der Waals surface area contributed by atoms with Gasteiger partial charge in [0, 0.05) is 4.90 Å². The van der Waals surface area contributed by atoms with E-state index in [2.05, 4.69) is 0 Å². The summed E-state index contributed by atoms with van der Waals surface area (Å²) in [7, 11) is -4.15. The molecule has 0 aliphatic rings. The van der Waals surface area contributed by atoms with E-state index < -0.39 is 10.1 Å². The van der Waals surface area contributed by atoms with Crippen LogP contribution in [0.15, 0.2) is 64.4 Å². The smallest absolute Gasteiger partial charge is 0.294 e. The summed E-state index contributed by atoms with van der Waals surface area (Å²) in [6.07, 6.45) is 0. The van der Waals surface area contributed by atoms with E-state index in [4.69, 9.17) is 8.74 Å². The van der Waals surface area contributed by atoms with Crippen molar-refractivity contribution in [3.8, 4) is 5.75 Å². The van der Waals surface area contributed by atoms with Crippen LogP contribution in [0.3, 0.4) is 0 Å². The van der Waals surface area contributed by atoms with Gasteiger partial charge in [-0.3, -0.25) is 4.55 Å². The maximum atomic E-state index is 10.8. The van der Waals surface area contributed by atoms with Crippen LogP contribution in [0.1, 0.15) is 0 Å². The largest absolute Gasteiger partial charge is 0.421 e. The zero-order valence-electron chi connectivity index (χ0n) is 9.18. The highest BCUT2D eigenvalue weighted by atomic mass is 32.2. The summed E-state index contributed by atoms with van der Waals surface area (Å²) in [5.41, 5.74) is 0. The van der Waals surface area contributed by atoms with E-state index in [0.29, 0.717) is 5.75 Å². The second-order valence-corrected chi connectivity index (χ2v) is 5.65. The Kier molecular flexibility index (Phi) is 3.90. The molecule has 0 unspecified atom stereocenters. The van der Waals surface area contributed by atoms with E-state index in [1.165, 1.54) is 36.3 Å². The summed E-state index contributed by atoms with van der Waals surface area (Å²) >= 11 is 1.17. The molecule has 2 aromatic rings. The molecule has 0 aromatic heterocycles. The Hall–Kier alpha value is -1.50. The molecule has 6 heteroatoms. The van der Waals surface area contributed by atoms with Crippen LogP contribution in [0.5, 0.6) is 5.75 Å². The molecule has 0 bridgehead atoms. The molecule has 18 heavy (non-hydrogen) atoms. The van der Waals surface area contributed by atoms with E-state index in [1.54, 1.807) is 0 Å². The Morgan fingerprint density at radius 2 is 1.56 bits per heavy atom. The second-order valence-electron chi connectivity index (χ2n) is 3.43. The van der Waals surface area contributed by atoms with Crippen molar-refractivity contribution >= 4 is 22.2 Å². The third-order valence-corrected chi connectivity index (χ3v) is 3.71. The van der Waals surface area contributed by atoms with Crippen molar-refractivity contribution < 1.29 is 17.2 Å². The number of rotatable bonds is 4. The van der Waals surface area contributed by atoms with Gasteiger partial charge in [-0.05, 0) is 36.4 Å². The lowest BCUT2D eigenvalue weighted by Crippen LogP contribution is -1.97. The fraction of sp³-hybridized carbons (Fsp3) is 0. The van der Waals surface area contributed by atoms with Crippen LogP contribution < -0.4 is 4.18 Å². The van der Waals surface area contributed by atoms with Gasteiger partial charge in [0.25, 0.3) is 10.1 Å². The maximum Gasteiger partial charge on any atom is 0.294 e. The zero-order chi connectivity index (χ0) is 13.0. The first kappa shape index (κ1) is 12.9. The van der Waals surface area contributed by atoms with E-state index in [9.17, 15) is 8.42 Å². The Bertz CT molecular complexity index is 606. The minimum absolute atomic E-state index is 0.153. The van der Waals surface area contributed by atoms with Gasteiger partial charge in [0.1, 0.15) is 5.75 Å². The molecule has 0 radical (unpaired) electrons. The average molecular weight is 282 g/mol.